The van der Waals surface area contributed by atoms with Crippen molar-refractivity contribution in [3.05, 3.63) is 50.4 Å². The van der Waals surface area contributed by atoms with Crippen molar-refractivity contribution >= 4 is 0 Å². The summed E-state index contributed by atoms with van der Waals surface area (Å²) in [5, 5.41) is 0. The van der Waals surface area contributed by atoms with Crippen molar-refractivity contribution in [1.29, 1.82) is 0 Å². The van der Waals surface area contributed by atoms with Crippen LogP contribution < -0.4 is 0 Å². The van der Waals surface area contributed by atoms with E-state index >= 15 is 0 Å². The first-order chi connectivity index (χ1) is 6.70. The Morgan fingerprint density at radius 2 is 1.21 bits per heavy atom. The lowest BCUT2D eigenvalue weighted by molar-refractivity contribution is 0.320. The molecule has 0 spiro atoms. The van der Waals surface area contributed by atoms with Crippen LogP contribution in [0.1, 0.15) is 25.7 Å². The Bertz CT molecular complexity index is 192. The molecule has 0 amide bonds. The quantitative estimate of drug-likeness (QED) is 0.409. The van der Waals surface area contributed by atoms with E-state index in [4.69, 9.17) is 9.47 Å². The van der Waals surface area contributed by atoms with E-state index in [9.17, 15) is 0 Å². The van der Waals surface area contributed by atoms with E-state index in [2.05, 4.69) is 26.3 Å². The minimum Gasteiger partial charge on any atom is -0.471 e. The Hall–Kier alpha value is -1.44. The second-order valence-corrected chi connectivity index (χ2v) is 2.85. The predicted molar refractivity (Wildman–Crippen MR) is 59.3 cm³/mol. The summed E-state index contributed by atoms with van der Waals surface area (Å²) in [6, 6.07) is 0. The van der Waals surface area contributed by atoms with E-state index in [1.165, 1.54) is 12.5 Å². The van der Waals surface area contributed by atoms with Crippen LogP contribution in [0.5, 0.6) is 0 Å². The van der Waals surface area contributed by atoms with Crippen molar-refractivity contribution in [3.63, 3.8) is 0 Å². The lowest BCUT2D eigenvalue weighted by Gasteiger charge is -2.05. The number of rotatable bonds is 9. The molecule has 0 aromatic rings. The zero-order valence-electron chi connectivity index (χ0n) is 8.63. The second-order valence-electron chi connectivity index (χ2n) is 2.85. The first kappa shape index (κ1) is 12.6. The molecule has 14 heavy (non-hydrogen) atoms. The van der Waals surface area contributed by atoms with Gasteiger partial charge in [-0.2, -0.15) is 0 Å². The zero-order chi connectivity index (χ0) is 10.8. The fraction of sp³-hybridized carbons (Fsp3) is 0.333. The first-order valence-corrected chi connectivity index (χ1v) is 4.61. The number of hydrogen-bond donors (Lipinski definition) is 0. The maximum Gasteiger partial charge on any atom is 0.0960 e. The molecule has 0 aliphatic carbocycles. The fourth-order valence-corrected chi connectivity index (χ4v) is 0.998. The van der Waals surface area contributed by atoms with E-state index in [-0.39, 0.29) is 0 Å². The molecule has 0 radical (unpaired) electrons. The highest BCUT2D eigenvalue weighted by Gasteiger charge is 1.96. The molecule has 0 saturated heterocycles. The van der Waals surface area contributed by atoms with Crippen LogP contribution in [-0.2, 0) is 9.47 Å². The molecule has 0 aromatic carbocycles. The number of hydrogen-bond acceptors (Lipinski definition) is 2. The summed E-state index contributed by atoms with van der Waals surface area (Å²) in [5.74, 6) is 1.49. The van der Waals surface area contributed by atoms with Gasteiger partial charge in [0.25, 0.3) is 0 Å². The third-order valence-electron chi connectivity index (χ3n) is 1.66. The van der Waals surface area contributed by atoms with Crippen LogP contribution in [0.4, 0.5) is 0 Å². The van der Waals surface area contributed by atoms with Gasteiger partial charge in [0.2, 0.25) is 0 Å². The van der Waals surface area contributed by atoms with Gasteiger partial charge in [-0.3, -0.25) is 0 Å². The van der Waals surface area contributed by atoms with Crippen molar-refractivity contribution in [1.82, 2.24) is 0 Å². The van der Waals surface area contributed by atoms with Gasteiger partial charge in [0.15, 0.2) is 0 Å². The van der Waals surface area contributed by atoms with Gasteiger partial charge in [0.05, 0.1) is 24.0 Å². The van der Waals surface area contributed by atoms with E-state index in [1.54, 1.807) is 0 Å². The van der Waals surface area contributed by atoms with Crippen LogP contribution >= 0.6 is 0 Å². The third-order valence-corrected chi connectivity index (χ3v) is 1.66. The summed E-state index contributed by atoms with van der Waals surface area (Å²) in [5.41, 5.74) is 0. The Balaban J connectivity index is 3.36. The standard InChI is InChI=1S/C12H18O2/c1-5-13-11(3)9-7-8-10-12(4)14-6-2/h5-6H,1-4,7-10H2. The molecule has 0 aliphatic heterocycles. The number of allylic oxidation sites excluding steroid dienone is 2. The molecule has 0 saturated carbocycles. The Labute approximate surface area is 86.2 Å². The molecule has 0 atom stereocenters. The molecule has 0 unspecified atom stereocenters. The van der Waals surface area contributed by atoms with Gasteiger partial charge in [-0.25, -0.2) is 0 Å². The summed E-state index contributed by atoms with van der Waals surface area (Å²) in [6.45, 7) is 14.4. The largest absolute Gasteiger partial charge is 0.471 e. The Morgan fingerprint density at radius 3 is 1.50 bits per heavy atom. The maximum atomic E-state index is 5.00. The molecule has 0 bridgehead atoms. The molecular formula is C12H18O2. The molecule has 0 fully saturated rings. The topological polar surface area (TPSA) is 18.5 Å². The lowest BCUT2D eigenvalue weighted by Crippen LogP contribution is -1.87. The summed E-state index contributed by atoms with van der Waals surface area (Å²) in [7, 11) is 0. The van der Waals surface area contributed by atoms with Crippen molar-refractivity contribution in [2.45, 2.75) is 25.7 Å². The normalized spacial score (nSPS) is 8.86. The highest BCUT2D eigenvalue weighted by atomic mass is 16.5. The molecule has 0 aliphatic rings. The van der Waals surface area contributed by atoms with Gasteiger partial charge < -0.3 is 9.47 Å². The first-order valence-electron chi connectivity index (χ1n) is 4.61. The van der Waals surface area contributed by atoms with E-state index in [0.29, 0.717) is 0 Å². The summed E-state index contributed by atoms with van der Waals surface area (Å²) >= 11 is 0. The highest BCUT2D eigenvalue weighted by molar-refractivity contribution is 4.87. The lowest BCUT2D eigenvalue weighted by atomic mass is 10.1. The van der Waals surface area contributed by atoms with Crippen LogP contribution in [0.25, 0.3) is 0 Å². The minimum absolute atomic E-state index is 0.746. The predicted octanol–water partition coefficient (Wildman–Crippen LogP) is 3.89. The highest BCUT2D eigenvalue weighted by Crippen LogP contribution is 2.12. The van der Waals surface area contributed by atoms with E-state index < -0.39 is 0 Å². The molecule has 0 N–H and O–H groups in total. The third kappa shape index (κ3) is 7.22. The second kappa shape index (κ2) is 8.17. The molecule has 2 heteroatoms. The van der Waals surface area contributed by atoms with E-state index in [0.717, 1.165) is 37.2 Å². The van der Waals surface area contributed by atoms with Crippen molar-refractivity contribution in [2.75, 3.05) is 0 Å². The zero-order valence-corrected chi connectivity index (χ0v) is 8.63. The molecular weight excluding hydrogens is 176 g/mol. The smallest absolute Gasteiger partial charge is 0.0960 e. The summed E-state index contributed by atoms with van der Waals surface area (Å²) in [4.78, 5) is 0. The Morgan fingerprint density at radius 1 is 0.857 bits per heavy atom. The molecule has 78 valence electrons. The molecule has 2 nitrogen and oxygen atoms in total. The average molecular weight is 194 g/mol. The van der Waals surface area contributed by atoms with Crippen molar-refractivity contribution in [3.8, 4) is 0 Å². The maximum absolute atomic E-state index is 5.00. The van der Waals surface area contributed by atoms with Gasteiger partial charge in [-0.15, -0.1) is 0 Å². The van der Waals surface area contributed by atoms with Gasteiger partial charge in [0, 0.05) is 12.8 Å². The van der Waals surface area contributed by atoms with Crippen LogP contribution in [0.3, 0.4) is 0 Å². The number of ether oxygens (including phenoxy) is 2. The van der Waals surface area contributed by atoms with E-state index in [1.807, 2.05) is 0 Å². The van der Waals surface area contributed by atoms with Gasteiger partial charge in [0.1, 0.15) is 0 Å². The van der Waals surface area contributed by atoms with Crippen LogP contribution in [0.2, 0.25) is 0 Å². The van der Waals surface area contributed by atoms with Crippen molar-refractivity contribution in [2.24, 2.45) is 0 Å². The molecule has 0 heterocycles. The van der Waals surface area contributed by atoms with Crippen molar-refractivity contribution < 1.29 is 9.47 Å². The van der Waals surface area contributed by atoms with Gasteiger partial charge in [-0.1, -0.05) is 26.3 Å². The summed E-state index contributed by atoms with van der Waals surface area (Å²) < 4.78 is 9.99. The Kier molecular flexibility index (Phi) is 7.33. The average Bonchev–Trinajstić information content (AvgIpc) is 2.13. The SMILES string of the molecule is C=COC(=C)CCCCC(=C)OC=C. The van der Waals surface area contributed by atoms with Crippen LogP contribution in [0.15, 0.2) is 50.4 Å². The number of unbranched alkanes of at least 4 members (excludes halogenated alkanes) is 1. The van der Waals surface area contributed by atoms with Gasteiger partial charge in [-0.05, 0) is 12.8 Å². The van der Waals surface area contributed by atoms with Crippen LogP contribution in [-0.4, -0.2) is 0 Å². The molecule has 0 aromatic heterocycles. The molecule has 0 rings (SSSR count). The van der Waals surface area contributed by atoms with Gasteiger partial charge >= 0.3 is 0 Å². The fourth-order valence-electron chi connectivity index (χ4n) is 0.998. The minimum atomic E-state index is 0.746. The summed E-state index contributed by atoms with van der Waals surface area (Å²) in [6.07, 6.45) is 6.48. The van der Waals surface area contributed by atoms with Crippen LogP contribution in [0, 0.1) is 0 Å². The monoisotopic (exact) mass is 194 g/mol.